The number of hydrogen-bond donors (Lipinski definition) is 3. The van der Waals surface area contributed by atoms with Crippen molar-refractivity contribution < 1.29 is 8.42 Å². The van der Waals surface area contributed by atoms with E-state index >= 15 is 0 Å². The minimum absolute atomic E-state index is 0.0124. The van der Waals surface area contributed by atoms with Crippen LogP contribution in [0.25, 0.3) is 10.1 Å². The van der Waals surface area contributed by atoms with Gasteiger partial charge in [0, 0.05) is 21.8 Å². The van der Waals surface area contributed by atoms with Crippen LogP contribution in [-0.2, 0) is 10.0 Å². The molecular weight excluding hydrogens is 306 g/mol. The summed E-state index contributed by atoms with van der Waals surface area (Å²) in [6, 6.07) is 12.4. The number of nitrogen functional groups attached to an aromatic ring is 1. The van der Waals surface area contributed by atoms with Gasteiger partial charge in [-0.2, -0.15) is 0 Å². The SMILES string of the molecule is Nc1cc(Nc2ccc3sccc3c2)cc(S(N)(=O)=O)c1. The van der Waals surface area contributed by atoms with Gasteiger partial charge in [0.1, 0.15) is 0 Å². The van der Waals surface area contributed by atoms with E-state index in [1.165, 1.54) is 16.8 Å². The molecule has 0 aliphatic carbocycles. The number of primary sulfonamides is 1. The lowest BCUT2D eigenvalue weighted by atomic mass is 10.2. The fourth-order valence-corrected chi connectivity index (χ4v) is 3.43. The first-order valence-corrected chi connectivity index (χ1v) is 8.52. The second-order valence-electron chi connectivity index (χ2n) is 4.63. The molecule has 0 bridgehead atoms. The van der Waals surface area contributed by atoms with Gasteiger partial charge in [-0.15, -0.1) is 11.3 Å². The molecule has 108 valence electrons. The Hall–Kier alpha value is -2.09. The maximum Gasteiger partial charge on any atom is 0.238 e. The Balaban J connectivity index is 1.99. The average molecular weight is 319 g/mol. The molecule has 0 radical (unpaired) electrons. The number of thiophene rings is 1. The molecular formula is C14H13N3O2S2. The highest BCUT2D eigenvalue weighted by Crippen LogP contribution is 2.27. The largest absolute Gasteiger partial charge is 0.399 e. The predicted octanol–water partition coefficient (Wildman–Crippen LogP) is 2.87. The van der Waals surface area contributed by atoms with Crippen LogP contribution < -0.4 is 16.2 Å². The van der Waals surface area contributed by atoms with Gasteiger partial charge < -0.3 is 11.1 Å². The predicted molar refractivity (Wildman–Crippen MR) is 87.3 cm³/mol. The second-order valence-corrected chi connectivity index (χ2v) is 7.14. The van der Waals surface area contributed by atoms with Crippen molar-refractivity contribution in [2.24, 2.45) is 5.14 Å². The van der Waals surface area contributed by atoms with E-state index in [2.05, 4.69) is 5.32 Å². The van der Waals surface area contributed by atoms with Crippen molar-refractivity contribution in [1.82, 2.24) is 0 Å². The Labute approximate surface area is 126 Å². The number of benzene rings is 2. The zero-order valence-corrected chi connectivity index (χ0v) is 12.5. The lowest BCUT2D eigenvalue weighted by Gasteiger charge is -2.09. The van der Waals surface area contributed by atoms with Crippen LogP contribution >= 0.6 is 11.3 Å². The van der Waals surface area contributed by atoms with E-state index in [9.17, 15) is 8.42 Å². The molecule has 0 aliphatic rings. The molecule has 2 aromatic carbocycles. The summed E-state index contributed by atoms with van der Waals surface area (Å²) in [6.45, 7) is 0. The van der Waals surface area contributed by atoms with E-state index in [1.807, 2.05) is 29.6 Å². The first-order valence-electron chi connectivity index (χ1n) is 6.09. The molecule has 3 rings (SSSR count). The quantitative estimate of drug-likeness (QED) is 0.646. The van der Waals surface area contributed by atoms with Gasteiger partial charge >= 0.3 is 0 Å². The fourth-order valence-electron chi connectivity index (χ4n) is 2.07. The molecule has 1 heterocycles. The fraction of sp³-hybridized carbons (Fsp3) is 0. The Morgan fingerprint density at radius 3 is 2.57 bits per heavy atom. The summed E-state index contributed by atoms with van der Waals surface area (Å²) in [6.07, 6.45) is 0. The highest BCUT2D eigenvalue weighted by atomic mass is 32.2. The molecule has 7 heteroatoms. The van der Waals surface area contributed by atoms with Crippen LogP contribution in [0.1, 0.15) is 0 Å². The molecule has 0 atom stereocenters. The smallest absolute Gasteiger partial charge is 0.238 e. The summed E-state index contributed by atoms with van der Waals surface area (Å²) in [7, 11) is -3.78. The third-order valence-electron chi connectivity index (χ3n) is 3.00. The van der Waals surface area contributed by atoms with Gasteiger partial charge in [0.25, 0.3) is 0 Å². The summed E-state index contributed by atoms with van der Waals surface area (Å²) < 4.78 is 24.0. The summed E-state index contributed by atoms with van der Waals surface area (Å²) in [5.74, 6) is 0. The summed E-state index contributed by atoms with van der Waals surface area (Å²) in [5, 5.41) is 11.4. The molecule has 1 aromatic heterocycles. The van der Waals surface area contributed by atoms with Crippen molar-refractivity contribution in [1.29, 1.82) is 0 Å². The maximum absolute atomic E-state index is 11.4. The lowest BCUT2D eigenvalue weighted by Crippen LogP contribution is -2.12. The molecule has 0 amide bonds. The molecule has 0 unspecified atom stereocenters. The van der Waals surface area contributed by atoms with Gasteiger partial charge in [-0.1, -0.05) is 0 Å². The third kappa shape index (κ3) is 2.99. The van der Waals surface area contributed by atoms with Gasteiger partial charge in [0.05, 0.1) is 4.90 Å². The van der Waals surface area contributed by atoms with Crippen LogP contribution in [0.15, 0.2) is 52.7 Å². The second kappa shape index (κ2) is 5.03. The van der Waals surface area contributed by atoms with Gasteiger partial charge in [-0.05, 0) is 53.2 Å². The van der Waals surface area contributed by atoms with Crippen LogP contribution in [0.4, 0.5) is 17.1 Å². The Bertz CT molecular complexity index is 917. The number of nitrogens with one attached hydrogen (secondary N) is 1. The zero-order chi connectivity index (χ0) is 15.0. The highest BCUT2D eigenvalue weighted by molar-refractivity contribution is 7.89. The lowest BCUT2D eigenvalue weighted by molar-refractivity contribution is 0.598. The first-order chi connectivity index (χ1) is 9.91. The Morgan fingerprint density at radius 1 is 1.00 bits per heavy atom. The first kappa shape index (κ1) is 13.9. The van der Waals surface area contributed by atoms with Crippen LogP contribution in [0.5, 0.6) is 0 Å². The van der Waals surface area contributed by atoms with Crippen molar-refractivity contribution in [2.45, 2.75) is 4.90 Å². The molecule has 3 aromatic rings. The summed E-state index contributed by atoms with van der Waals surface area (Å²) >= 11 is 1.67. The zero-order valence-electron chi connectivity index (χ0n) is 10.9. The minimum atomic E-state index is -3.78. The van der Waals surface area contributed by atoms with Crippen molar-refractivity contribution in [2.75, 3.05) is 11.1 Å². The highest BCUT2D eigenvalue weighted by Gasteiger charge is 2.10. The normalized spacial score (nSPS) is 11.7. The van der Waals surface area contributed by atoms with E-state index in [-0.39, 0.29) is 4.90 Å². The molecule has 0 spiro atoms. The topological polar surface area (TPSA) is 98.2 Å². The van der Waals surface area contributed by atoms with Crippen molar-refractivity contribution in [3.05, 3.63) is 47.8 Å². The van der Waals surface area contributed by atoms with Crippen LogP contribution in [-0.4, -0.2) is 8.42 Å². The Kier molecular flexibility index (Phi) is 3.32. The average Bonchev–Trinajstić information content (AvgIpc) is 2.84. The third-order valence-corrected chi connectivity index (χ3v) is 4.79. The molecule has 21 heavy (non-hydrogen) atoms. The van der Waals surface area contributed by atoms with Gasteiger partial charge in [0.2, 0.25) is 10.0 Å². The van der Waals surface area contributed by atoms with E-state index in [0.717, 1.165) is 11.1 Å². The van der Waals surface area contributed by atoms with Crippen molar-refractivity contribution in [3.8, 4) is 0 Å². The summed E-state index contributed by atoms with van der Waals surface area (Å²) in [4.78, 5) is -0.0124. The number of rotatable bonds is 3. The number of fused-ring (bicyclic) bond motifs is 1. The molecule has 5 N–H and O–H groups in total. The van der Waals surface area contributed by atoms with Crippen LogP contribution in [0.2, 0.25) is 0 Å². The van der Waals surface area contributed by atoms with Gasteiger partial charge in [-0.3, -0.25) is 0 Å². The number of nitrogens with two attached hydrogens (primary N) is 2. The molecule has 0 fully saturated rings. The van der Waals surface area contributed by atoms with E-state index < -0.39 is 10.0 Å². The molecule has 0 aliphatic heterocycles. The van der Waals surface area contributed by atoms with Crippen LogP contribution in [0.3, 0.4) is 0 Å². The number of sulfonamides is 1. The van der Waals surface area contributed by atoms with E-state index in [4.69, 9.17) is 10.9 Å². The van der Waals surface area contributed by atoms with E-state index in [1.54, 1.807) is 17.4 Å². The number of anilines is 3. The summed E-state index contributed by atoms with van der Waals surface area (Å²) in [5.41, 5.74) is 7.49. The molecule has 5 nitrogen and oxygen atoms in total. The van der Waals surface area contributed by atoms with E-state index in [0.29, 0.717) is 11.4 Å². The maximum atomic E-state index is 11.4. The Morgan fingerprint density at radius 2 is 1.81 bits per heavy atom. The monoisotopic (exact) mass is 319 g/mol. The van der Waals surface area contributed by atoms with Crippen molar-refractivity contribution >= 4 is 48.5 Å². The van der Waals surface area contributed by atoms with Gasteiger partial charge in [0.15, 0.2) is 0 Å². The van der Waals surface area contributed by atoms with Crippen LogP contribution in [0, 0.1) is 0 Å². The van der Waals surface area contributed by atoms with Crippen molar-refractivity contribution in [3.63, 3.8) is 0 Å². The number of hydrogen-bond acceptors (Lipinski definition) is 5. The molecule has 0 saturated carbocycles. The molecule has 0 saturated heterocycles. The standard InChI is InChI=1S/C14H13N3O2S2/c15-10-6-12(8-13(7-10)21(16,18)19)17-11-1-2-14-9(5-11)3-4-20-14/h1-8,17H,15H2,(H2,16,18,19). The van der Waals surface area contributed by atoms with Gasteiger partial charge in [-0.25, -0.2) is 13.6 Å². The minimum Gasteiger partial charge on any atom is -0.399 e.